The molecular formula is C17H30N4. The molecule has 0 saturated carbocycles. The van der Waals surface area contributed by atoms with Gasteiger partial charge in [0, 0.05) is 30.6 Å². The first-order valence-electron chi connectivity index (χ1n) is 8.15. The molecule has 4 nitrogen and oxygen atoms in total. The minimum absolute atomic E-state index is 0.0941. The molecule has 0 amide bonds. The highest BCUT2D eigenvalue weighted by molar-refractivity contribution is 5.51. The van der Waals surface area contributed by atoms with Crippen molar-refractivity contribution in [3.8, 4) is 0 Å². The summed E-state index contributed by atoms with van der Waals surface area (Å²) in [5.41, 5.74) is 2.44. The Morgan fingerprint density at radius 1 is 1.38 bits per heavy atom. The first-order valence-corrected chi connectivity index (χ1v) is 8.15. The number of hydrogen-bond acceptors (Lipinski definition) is 4. The molecule has 0 aromatic carbocycles. The summed E-state index contributed by atoms with van der Waals surface area (Å²) in [7, 11) is 0. The summed E-state index contributed by atoms with van der Waals surface area (Å²) in [4.78, 5) is 11.9. The Morgan fingerprint density at radius 2 is 2.10 bits per heavy atom. The molecule has 0 radical (unpaired) electrons. The summed E-state index contributed by atoms with van der Waals surface area (Å²) in [6, 6.07) is 0.590. The van der Waals surface area contributed by atoms with Gasteiger partial charge >= 0.3 is 0 Å². The number of aromatic nitrogens is 2. The molecule has 0 spiro atoms. The van der Waals surface area contributed by atoms with Gasteiger partial charge in [0.15, 0.2) is 0 Å². The van der Waals surface area contributed by atoms with Crippen molar-refractivity contribution in [1.82, 2.24) is 15.3 Å². The third-order valence-electron chi connectivity index (χ3n) is 4.03. The van der Waals surface area contributed by atoms with Gasteiger partial charge in [-0.15, -0.1) is 0 Å². The van der Waals surface area contributed by atoms with Crippen molar-refractivity contribution < 1.29 is 0 Å². The van der Waals surface area contributed by atoms with Crippen LogP contribution in [-0.2, 0) is 6.54 Å². The second-order valence-corrected chi connectivity index (χ2v) is 7.50. The smallest absolute Gasteiger partial charge is 0.131 e. The van der Waals surface area contributed by atoms with E-state index in [-0.39, 0.29) is 5.54 Å². The zero-order valence-electron chi connectivity index (χ0n) is 14.4. The molecule has 1 aromatic rings. The third-order valence-corrected chi connectivity index (χ3v) is 4.03. The fourth-order valence-electron chi connectivity index (χ4n) is 2.71. The molecule has 2 heterocycles. The van der Waals surface area contributed by atoms with Gasteiger partial charge in [-0.1, -0.05) is 13.8 Å². The normalized spacial score (nSPS) is 19.6. The molecule has 21 heavy (non-hydrogen) atoms. The lowest BCUT2D eigenvalue weighted by atomic mass is 10.1. The quantitative estimate of drug-likeness (QED) is 0.922. The molecule has 0 aliphatic carbocycles. The molecule has 1 unspecified atom stereocenters. The minimum Gasteiger partial charge on any atom is -0.366 e. The van der Waals surface area contributed by atoms with E-state index in [1.807, 2.05) is 6.20 Å². The molecular weight excluding hydrogens is 260 g/mol. The van der Waals surface area contributed by atoms with Gasteiger partial charge < -0.3 is 10.2 Å². The maximum atomic E-state index is 4.84. The number of nitrogens with one attached hydrogen (secondary N) is 1. The van der Waals surface area contributed by atoms with Crippen molar-refractivity contribution in [3.63, 3.8) is 0 Å². The molecule has 1 atom stereocenters. The number of anilines is 1. The first-order chi connectivity index (χ1) is 9.78. The summed E-state index contributed by atoms with van der Waals surface area (Å²) in [6.45, 7) is 15.1. The molecule has 1 aromatic heterocycles. The van der Waals surface area contributed by atoms with Gasteiger partial charge in [-0.05, 0) is 40.5 Å². The van der Waals surface area contributed by atoms with E-state index in [0.717, 1.165) is 24.6 Å². The molecule has 1 N–H and O–H groups in total. The van der Waals surface area contributed by atoms with E-state index in [0.29, 0.717) is 12.0 Å². The Balaban J connectivity index is 2.29. The van der Waals surface area contributed by atoms with E-state index in [9.17, 15) is 0 Å². The van der Waals surface area contributed by atoms with Crippen LogP contribution in [-0.4, -0.2) is 28.1 Å². The van der Waals surface area contributed by atoms with Crippen molar-refractivity contribution in [2.24, 2.45) is 0 Å². The number of nitrogens with zero attached hydrogens (tertiary/aromatic N) is 3. The van der Waals surface area contributed by atoms with Crippen LogP contribution in [0.1, 0.15) is 71.8 Å². The van der Waals surface area contributed by atoms with Gasteiger partial charge in [0.2, 0.25) is 0 Å². The van der Waals surface area contributed by atoms with Crippen LogP contribution in [0.15, 0.2) is 6.20 Å². The highest BCUT2D eigenvalue weighted by atomic mass is 15.2. The van der Waals surface area contributed by atoms with Gasteiger partial charge in [-0.3, -0.25) is 0 Å². The maximum absolute atomic E-state index is 4.84. The summed E-state index contributed by atoms with van der Waals surface area (Å²) >= 11 is 0. The van der Waals surface area contributed by atoms with E-state index in [1.165, 1.54) is 18.5 Å². The largest absolute Gasteiger partial charge is 0.366 e. The van der Waals surface area contributed by atoms with Crippen molar-refractivity contribution in [1.29, 1.82) is 0 Å². The monoisotopic (exact) mass is 290 g/mol. The lowest BCUT2D eigenvalue weighted by molar-refractivity contribution is 0.420. The molecule has 1 aliphatic rings. The van der Waals surface area contributed by atoms with Gasteiger partial charge in [0.05, 0.1) is 17.6 Å². The van der Waals surface area contributed by atoms with E-state index in [1.54, 1.807) is 0 Å². The fraction of sp³-hybridized carbons (Fsp3) is 0.765. The Bertz CT molecular complexity index is 476. The highest BCUT2D eigenvalue weighted by Gasteiger charge is 2.24. The molecule has 2 rings (SSSR count). The Labute approximate surface area is 129 Å². The molecule has 1 saturated heterocycles. The van der Waals surface area contributed by atoms with Gasteiger partial charge in [0.25, 0.3) is 0 Å². The van der Waals surface area contributed by atoms with E-state index in [4.69, 9.17) is 4.98 Å². The van der Waals surface area contributed by atoms with Crippen molar-refractivity contribution in [3.05, 3.63) is 17.7 Å². The van der Waals surface area contributed by atoms with E-state index >= 15 is 0 Å². The molecule has 4 heteroatoms. The maximum Gasteiger partial charge on any atom is 0.131 e. The second-order valence-electron chi connectivity index (χ2n) is 7.50. The van der Waals surface area contributed by atoms with E-state index < -0.39 is 0 Å². The van der Waals surface area contributed by atoms with Crippen LogP contribution in [0.4, 0.5) is 5.69 Å². The fourth-order valence-corrected chi connectivity index (χ4v) is 2.71. The Morgan fingerprint density at radius 3 is 2.62 bits per heavy atom. The average Bonchev–Trinajstić information content (AvgIpc) is 2.81. The van der Waals surface area contributed by atoms with Crippen molar-refractivity contribution in [2.45, 2.75) is 78.4 Å². The Kier molecular flexibility index (Phi) is 4.87. The van der Waals surface area contributed by atoms with Crippen LogP contribution in [0.5, 0.6) is 0 Å². The van der Waals surface area contributed by atoms with Crippen LogP contribution in [0.2, 0.25) is 0 Å². The van der Waals surface area contributed by atoms with E-state index in [2.05, 4.69) is 56.7 Å². The van der Waals surface area contributed by atoms with Crippen molar-refractivity contribution in [2.75, 3.05) is 11.4 Å². The van der Waals surface area contributed by atoms with Crippen LogP contribution in [0.3, 0.4) is 0 Å². The summed E-state index contributed by atoms with van der Waals surface area (Å²) in [6.07, 6.45) is 4.56. The van der Waals surface area contributed by atoms with Crippen LogP contribution >= 0.6 is 0 Å². The van der Waals surface area contributed by atoms with Crippen LogP contribution in [0, 0.1) is 0 Å². The minimum atomic E-state index is 0.0941. The average molecular weight is 290 g/mol. The van der Waals surface area contributed by atoms with Gasteiger partial charge in [0.1, 0.15) is 5.82 Å². The van der Waals surface area contributed by atoms with Gasteiger partial charge in [-0.25, -0.2) is 9.97 Å². The summed E-state index contributed by atoms with van der Waals surface area (Å²) < 4.78 is 0. The second kappa shape index (κ2) is 6.30. The SMILES string of the molecule is CC(C)c1ncc(N2CCCC2C)c(CNC(C)(C)C)n1. The topological polar surface area (TPSA) is 41.1 Å². The number of hydrogen-bond donors (Lipinski definition) is 1. The molecule has 1 aliphatic heterocycles. The molecule has 0 bridgehead atoms. The summed E-state index contributed by atoms with van der Waals surface area (Å²) in [5, 5.41) is 3.57. The highest BCUT2D eigenvalue weighted by Crippen LogP contribution is 2.28. The van der Waals surface area contributed by atoms with Crippen LogP contribution < -0.4 is 10.2 Å². The zero-order valence-corrected chi connectivity index (χ0v) is 14.4. The Hall–Kier alpha value is -1.16. The third kappa shape index (κ3) is 4.16. The predicted molar refractivity (Wildman–Crippen MR) is 88.8 cm³/mol. The van der Waals surface area contributed by atoms with Crippen molar-refractivity contribution >= 4 is 5.69 Å². The molecule has 118 valence electrons. The lowest BCUT2D eigenvalue weighted by Crippen LogP contribution is -2.36. The zero-order chi connectivity index (χ0) is 15.6. The summed E-state index contributed by atoms with van der Waals surface area (Å²) in [5.74, 6) is 1.31. The molecule has 1 fully saturated rings. The number of rotatable bonds is 4. The van der Waals surface area contributed by atoms with Crippen LogP contribution in [0.25, 0.3) is 0 Å². The predicted octanol–water partition coefficient (Wildman–Crippen LogP) is 3.48. The standard InChI is InChI=1S/C17H30N4/c1-12(2)16-18-11-15(21-9-7-8-13(21)3)14(20-16)10-19-17(4,5)6/h11-13,19H,7-10H2,1-6H3. The first kappa shape index (κ1) is 16.2. The lowest BCUT2D eigenvalue weighted by Gasteiger charge is -2.27. The van der Waals surface area contributed by atoms with Gasteiger partial charge in [-0.2, -0.15) is 0 Å².